The van der Waals surface area contributed by atoms with Gasteiger partial charge in [0.1, 0.15) is 11.0 Å². The summed E-state index contributed by atoms with van der Waals surface area (Å²) in [5.74, 6) is 0.428. The van der Waals surface area contributed by atoms with Crippen molar-refractivity contribution in [1.29, 1.82) is 0 Å². The van der Waals surface area contributed by atoms with Crippen molar-refractivity contribution in [3.63, 3.8) is 0 Å². The number of rotatable bonds is 5. The highest BCUT2D eigenvalue weighted by atomic mass is 35.5. The molecule has 0 saturated heterocycles. The lowest BCUT2D eigenvalue weighted by atomic mass is 10.0. The summed E-state index contributed by atoms with van der Waals surface area (Å²) in [4.78, 5) is 1.24. The van der Waals surface area contributed by atoms with Crippen LogP contribution < -0.4 is 4.72 Å². The van der Waals surface area contributed by atoms with Gasteiger partial charge in [-0.25, -0.2) is 4.21 Å². The van der Waals surface area contributed by atoms with Gasteiger partial charge in [0, 0.05) is 11.3 Å². The smallest absolute Gasteiger partial charge is 0.150 e. The Labute approximate surface area is 141 Å². The molecule has 0 amide bonds. The van der Waals surface area contributed by atoms with E-state index in [1.165, 1.54) is 5.56 Å². The molecule has 0 bridgehead atoms. The molecule has 3 nitrogen and oxygen atoms in total. The zero-order chi connectivity index (χ0) is 16.3. The fourth-order valence-corrected chi connectivity index (χ4v) is 3.75. The van der Waals surface area contributed by atoms with Gasteiger partial charge in [-0.15, -0.1) is 0 Å². The van der Waals surface area contributed by atoms with E-state index in [9.17, 15) is 8.42 Å². The summed E-state index contributed by atoms with van der Waals surface area (Å²) in [5, 5.41) is 0.504. The van der Waals surface area contributed by atoms with Crippen molar-refractivity contribution in [3.8, 4) is 0 Å². The standard InChI is InChI=1S/C16H18ClNO2S2/c1-11(2)12-4-7-14(8-5-12)22(20)18-15-10-13(17)6-9-16(15)21(3)19/h4-11,18H,1-3H3. The van der Waals surface area contributed by atoms with Gasteiger partial charge in [0.15, 0.2) is 0 Å². The Balaban J connectivity index is 2.25. The average Bonchev–Trinajstić information content (AvgIpc) is 2.47. The molecule has 0 aliphatic carbocycles. The molecule has 2 aromatic rings. The van der Waals surface area contributed by atoms with E-state index < -0.39 is 21.8 Å². The third kappa shape index (κ3) is 4.18. The van der Waals surface area contributed by atoms with Crippen molar-refractivity contribution in [2.45, 2.75) is 29.6 Å². The fraction of sp³-hybridized carbons (Fsp3) is 0.250. The SMILES string of the molecule is CC(C)c1ccc(S(=O)Nc2cc(Cl)ccc2S(C)=O)cc1. The minimum atomic E-state index is -1.43. The second kappa shape index (κ2) is 7.40. The molecule has 2 unspecified atom stereocenters. The number of nitrogens with one attached hydrogen (secondary N) is 1. The zero-order valence-corrected chi connectivity index (χ0v) is 15.0. The van der Waals surface area contributed by atoms with Crippen LogP contribution in [0.2, 0.25) is 5.02 Å². The Bertz CT molecular complexity index is 715. The number of halogens is 1. The van der Waals surface area contributed by atoms with Crippen LogP contribution in [0.5, 0.6) is 0 Å². The first-order valence-corrected chi connectivity index (χ1v) is 9.88. The summed E-state index contributed by atoms with van der Waals surface area (Å²) in [7, 11) is -2.62. The first kappa shape index (κ1) is 17.2. The van der Waals surface area contributed by atoms with Crippen LogP contribution in [0.4, 0.5) is 5.69 Å². The summed E-state index contributed by atoms with van der Waals surface area (Å²) in [6, 6.07) is 12.6. The highest BCUT2D eigenvalue weighted by Crippen LogP contribution is 2.25. The molecule has 1 N–H and O–H groups in total. The monoisotopic (exact) mass is 355 g/mol. The van der Waals surface area contributed by atoms with Crippen LogP contribution in [-0.4, -0.2) is 14.7 Å². The highest BCUT2D eigenvalue weighted by Gasteiger charge is 2.11. The molecule has 0 radical (unpaired) electrons. The van der Waals surface area contributed by atoms with Gasteiger partial charge in [-0.3, -0.25) is 8.93 Å². The molecule has 0 aromatic heterocycles. The van der Waals surface area contributed by atoms with Crippen LogP contribution in [0.3, 0.4) is 0 Å². The van der Waals surface area contributed by atoms with Gasteiger partial charge >= 0.3 is 0 Å². The summed E-state index contributed by atoms with van der Waals surface area (Å²) in [6.45, 7) is 4.22. The van der Waals surface area contributed by atoms with Gasteiger partial charge in [0.25, 0.3) is 0 Å². The maximum atomic E-state index is 12.4. The van der Waals surface area contributed by atoms with E-state index in [2.05, 4.69) is 18.6 Å². The normalized spacial score (nSPS) is 13.9. The lowest BCUT2D eigenvalue weighted by molar-refractivity contribution is 0.686. The third-order valence-electron chi connectivity index (χ3n) is 3.21. The van der Waals surface area contributed by atoms with Crippen molar-refractivity contribution in [1.82, 2.24) is 0 Å². The van der Waals surface area contributed by atoms with Gasteiger partial charge in [-0.05, 0) is 41.8 Å². The van der Waals surface area contributed by atoms with Crippen LogP contribution in [0.25, 0.3) is 0 Å². The quantitative estimate of drug-likeness (QED) is 0.867. The Kier molecular flexibility index (Phi) is 5.78. The minimum Gasteiger partial charge on any atom is -0.300 e. The molecule has 2 aromatic carbocycles. The maximum absolute atomic E-state index is 12.4. The predicted octanol–water partition coefficient (Wildman–Crippen LogP) is 4.34. The van der Waals surface area contributed by atoms with E-state index >= 15 is 0 Å². The molecule has 0 aliphatic rings. The largest absolute Gasteiger partial charge is 0.300 e. The molecule has 118 valence electrons. The molecular weight excluding hydrogens is 338 g/mol. The second-order valence-corrected chi connectivity index (χ2v) is 8.19. The van der Waals surface area contributed by atoms with Gasteiger partial charge < -0.3 is 0 Å². The van der Waals surface area contributed by atoms with Crippen molar-refractivity contribution in [2.75, 3.05) is 11.0 Å². The molecule has 0 heterocycles. The summed E-state index contributed by atoms with van der Waals surface area (Å²) in [5.41, 5.74) is 1.72. The molecule has 0 aliphatic heterocycles. The molecule has 0 fully saturated rings. The lowest BCUT2D eigenvalue weighted by Gasteiger charge is -2.11. The minimum absolute atomic E-state index is 0.428. The van der Waals surface area contributed by atoms with Crippen LogP contribution in [0, 0.1) is 0 Å². The van der Waals surface area contributed by atoms with Crippen LogP contribution in [0.1, 0.15) is 25.3 Å². The molecule has 2 rings (SSSR count). The molecule has 2 atom stereocenters. The lowest BCUT2D eigenvalue weighted by Crippen LogP contribution is -2.07. The van der Waals surface area contributed by atoms with E-state index in [1.807, 2.05) is 24.3 Å². The first-order chi connectivity index (χ1) is 10.4. The van der Waals surface area contributed by atoms with Crippen LogP contribution in [0.15, 0.2) is 52.3 Å². The fourth-order valence-electron chi connectivity index (χ4n) is 1.97. The summed E-state index contributed by atoms with van der Waals surface area (Å²) >= 11 is 5.97. The van der Waals surface area contributed by atoms with Crippen molar-refractivity contribution in [3.05, 3.63) is 53.1 Å². The number of anilines is 1. The van der Waals surface area contributed by atoms with E-state index in [1.54, 1.807) is 24.5 Å². The van der Waals surface area contributed by atoms with E-state index in [4.69, 9.17) is 11.6 Å². The topological polar surface area (TPSA) is 46.2 Å². The maximum Gasteiger partial charge on any atom is 0.150 e. The van der Waals surface area contributed by atoms with E-state index in [-0.39, 0.29) is 0 Å². The third-order valence-corrected chi connectivity index (χ3v) is 5.53. The Morgan fingerprint density at radius 3 is 2.23 bits per heavy atom. The number of benzene rings is 2. The molecular formula is C16H18ClNO2S2. The molecule has 0 saturated carbocycles. The van der Waals surface area contributed by atoms with Crippen molar-refractivity contribution >= 4 is 39.1 Å². The van der Waals surface area contributed by atoms with Crippen LogP contribution in [-0.2, 0) is 21.8 Å². The van der Waals surface area contributed by atoms with Crippen LogP contribution >= 0.6 is 11.6 Å². The molecule has 22 heavy (non-hydrogen) atoms. The Morgan fingerprint density at radius 1 is 1.05 bits per heavy atom. The van der Waals surface area contributed by atoms with Crippen molar-refractivity contribution in [2.24, 2.45) is 0 Å². The Morgan fingerprint density at radius 2 is 1.68 bits per heavy atom. The summed E-state index contributed by atoms with van der Waals surface area (Å²) < 4.78 is 27.1. The number of hydrogen-bond donors (Lipinski definition) is 1. The second-order valence-electron chi connectivity index (χ2n) is 5.19. The van der Waals surface area contributed by atoms with Gasteiger partial charge in [-0.1, -0.05) is 37.6 Å². The van der Waals surface area contributed by atoms with Gasteiger partial charge in [-0.2, -0.15) is 0 Å². The van der Waals surface area contributed by atoms with Crippen molar-refractivity contribution < 1.29 is 8.42 Å². The van der Waals surface area contributed by atoms with E-state index in [0.29, 0.717) is 26.4 Å². The predicted molar refractivity (Wildman–Crippen MR) is 94.3 cm³/mol. The zero-order valence-electron chi connectivity index (χ0n) is 12.6. The van der Waals surface area contributed by atoms with Gasteiger partial charge in [0.05, 0.1) is 26.3 Å². The average molecular weight is 356 g/mol. The van der Waals surface area contributed by atoms with Gasteiger partial charge in [0.2, 0.25) is 0 Å². The van der Waals surface area contributed by atoms with E-state index in [0.717, 1.165) is 0 Å². The molecule has 0 spiro atoms. The number of hydrogen-bond acceptors (Lipinski definition) is 2. The highest BCUT2D eigenvalue weighted by molar-refractivity contribution is 7.87. The molecule has 6 heteroatoms. The Hall–Kier alpha value is -1.17. The first-order valence-electron chi connectivity index (χ1n) is 6.80. The summed E-state index contributed by atoms with van der Waals surface area (Å²) in [6.07, 6.45) is 1.58.